The number of nitrogens with one attached hydrogen (secondary N) is 1. The van der Waals surface area contributed by atoms with Gasteiger partial charge in [0.25, 0.3) is 0 Å². The molecule has 2 nitrogen and oxygen atoms in total. The van der Waals surface area contributed by atoms with E-state index in [1.807, 2.05) is 25.1 Å². The fourth-order valence-electron chi connectivity index (χ4n) is 2.23. The zero-order valence-electron chi connectivity index (χ0n) is 11.8. The SMILES string of the molecule is CCNC(c1ccc(Cl)c(Br)c1)c1cc(F)ccc1OC. The second-order valence-corrected chi connectivity index (χ2v) is 5.81. The Bertz CT molecular complexity index is 636. The summed E-state index contributed by atoms with van der Waals surface area (Å²) in [6, 6.07) is 10.0. The number of hydrogen-bond acceptors (Lipinski definition) is 2. The van der Waals surface area contributed by atoms with Gasteiger partial charge in [-0.1, -0.05) is 24.6 Å². The van der Waals surface area contributed by atoms with Gasteiger partial charge in [0, 0.05) is 10.0 Å². The predicted molar refractivity (Wildman–Crippen MR) is 87.6 cm³/mol. The van der Waals surface area contributed by atoms with Crippen molar-refractivity contribution in [2.24, 2.45) is 0 Å². The third kappa shape index (κ3) is 3.76. The molecular formula is C16H16BrClFNO. The molecule has 0 heterocycles. The number of rotatable bonds is 5. The minimum atomic E-state index is -0.290. The van der Waals surface area contributed by atoms with Crippen LogP contribution in [0.4, 0.5) is 4.39 Å². The Kier molecular flexibility index (Phi) is 5.62. The molecule has 21 heavy (non-hydrogen) atoms. The second-order valence-electron chi connectivity index (χ2n) is 4.55. The normalized spacial score (nSPS) is 12.2. The molecule has 0 aliphatic rings. The number of ether oxygens (including phenoxy) is 1. The lowest BCUT2D eigenvalue weighted by Gasteiger charge is -2.22. The van der Waals surface area contributed by atoms with Crippen LogP contribution in [0.25, 0.3) is 0 Å². The van der Waals surface area contributed by atoms with Gasteiger partial charge < -0.3 is 10.1 Å². The molecule has 0 spiro atoms. The number of hydrogen-bond donors (Lipinski definition) is 1. The summed E-state index contributed by atoms with van der Waals surface area (Å²) in [5, 5.41) is 3.99. The van der Waals surface area contributed by atoms with Gasteiger partial charge in [-0.2, -0.15) is 0 Å². The molecule has 5 heteroatoms. The summed E-state index contributed by atoms with van der Waals surface area (Å²) >= 11 is 9.46. The van der Waals surface area contributed by atoms with Crippen molar-refractivity contribution < 1.29 is 9.13 Å². The van der Waals surface area contributed by atoms with Gasteiger partial charge in [-0.15, -0.1) is 0 Å². The van der Waals surface area contributed by atoms with Crippen molar-refractivity contribution in [3.63, 3.8) is 0 Å². The van der Waals surface area contributed by atoms with Crippen LogP contribution in [-0.4, -0.2) is 13.7 Å². The van der Waals surface area contributed by atoms with E-state index in [0.717, 1.165) is 22.1 Å². The van der Waals surface area contributed by atoms with Crippen LogP contribution in [0.15, 0.2) is 40.9 Å². The van der Waals surface area contributed by atoms with Crippen LogP contribution in [-0.2, 0) is 0 Å². The van der Waals surface area contributed by atoms with Crippen molar-refractivity contribution in [2.45, 2.75) is 13.0 Å². The third-order valence-electron chi connectivity index (χ3n) is 3.19. The summed E-state index contributed by atoms with van der Waals surface area (Å²) in [4.78, 5) is 0. The molecule has 2 aromatic carbocycles. The van der Waals surface area contributed by atoms with Crippen molar-refractivity contribution in [3.05, 3.63) is 62.8 Å². The lowest BCUT2D eigenvalue weighted by atomic mass is 9.97. The van der Waals surface area contributed by atoms with E-state index >= 15 is 0 Å². The topological polar surface area (TPSA) is 21.3 Å². The molecule has 0 aliphatic heterocycles. The van der Waals surface area contributed by atoms with Crippen molar-refractivity contribution in [2.75, 3.05) is 13.7 Å². The zero-order valence-corrected chi connectivity index (χ0v) is 14.1. The van der Waals surface area contributed by atoms with Crippen LogP contribution < -0.4 is 10.1 Å². The summed E-state index contributed by atoms with van der Waals surface area (Å²) in [5.41, 5.74) is 1.74. The lowest BCUT2D eigenvalue weighted by Crippen LogP contribution is -2.22. The molecule has 0 saturated heterocycles. The largest absolute Gasteiger partial charge is 0.496 e. The first-order valence-electron chi connectivity index (χ1n) is 6.58. The second kappa shape index (κ2) is 7.25. The summed E-state index contributed by atoms with van der Waals surface area (Å²) in [6.07, 6.45) is 0. The Hall–Kier alpha value is -1.10. The highest BCUT2D eigenvalue weighted by Crippen LogP contribution is 2.33. The molecule has 0 aromatic heterocycles. The molecule has 2 aromatic rings. The van der Waals surface area contributed by atoms with E-state index in [-0.39, 0.29) is 11.9 Å². The minimum absolute atomic E-state index is 0.172. The van der Waals surface area contributed by atoms with Gasteiger partial charge in [-0.25, -0.2) is 4.39 Å². The van der Waals surface area contributed by atoms with E-state index in [9.17, 15) is 4.39 Å². The summed E-state index contributed by atoms with van der Waals surface area (Å²) in [6.45, 7) is 2.74. The highest BCUT2D eigenvalue weighted by molar-refractivity contribution is 9.10. The molecule has 0 fully saturated rings. The average Bonchev–Trinajstić information content (AvgIpc) is 2.48. The fraction of sp³-hybridized carbons (Fsp3) is 0.250. The molecule has 0 radical (unpaired) electrons. The molecule has 0 amide bonds. The van der Waals surface area contributed by atoms with Gasteiger partial charge in [0.15, 0.2) is 0 Å². The van der Waals surface area contributed by atoms with E-state index in [1.54, 1.807) is 13.2 Å². The van der Waals surface area contributed by atoms with Gasteiger partial charge in [-0.05, 0) is 58.4 Å². The highest BCUT2D eigenvalue weighted by atomic mass is 79.9. The van der Waals surface area contributed by atoms with Crippen LogP contribution in [0.2, 0.25) is 5.02 Å². The fourth-order valence-corrected chi connectivity index (χ4v) is 2.75. The van der Waals surface area contributed by atoms with Crippen LogP contribution in [0.1, 0.15) is 24.1 Å². The molecular weight excluding hydrogens is 357 g/mol. The van der Waals surface area contributed by atoms with Gasteiger partial charge in [-0.3, -0.25) is 0 Å². The molecule has 1 unspecified atom stereocenters. The first kappa shape index (κ1) is 16.3. The Balaban J connectivity index is 2.52. The highest BCUT2D eigenvalue weighted by Gasteiger charge is 2.19. The molecule has 1 N–H and O–H groups in total. The van der Waals surface area contributed by atoms with Gasteiger partial charge >= 0.3 is 0 Å². The quantitative estimate of drug-likeness (QED) is 0.802. The maximum absolute atomic E-state index is 13.6. The Morgan fingerprint density at radius 2 is 2.05 bits per heavy atom. The van der Waals surface area contributed by atoms with E-state index < -0.39 is 0 Å². The summed E-state index contributed by atoms with van der Waals surface area (Å²) in [5.74, 6) is 0.357. The van der Waals surface area contributed by atoms with Gasteiger partial charge in [0.05, 0.1) is 18.2 Å². The minimum Gasteiger partial charge on any atom is -0.496 e. The van der Waals surface area contributed by atoms with Gasteiger partial charge in [0.1, 0.15) is 11.6 Å². The van der Waals surface area contributed by atoms with E-state index in [0.29, 0.717) is 10.8 Å². The molecule has 2 rings (SSSR count). The Morgan fingerprint density at radius 3 is 2.67 bits per heavy atom. The van der Waals surface area contributed by atoms with E-state index in [2.05, 4.69) is 21.2 Å². The van der Waals surface area contributed by atoms with Crippen LogP contribution in [0.5, 0.6) is 5.75 Å². The Morgan fingerprint density at radius 1 is 1.29 bits per heavy atom. The van der Waals surface area contributed by atoms with Crippen molar-refractivity contribution >= 4 is 27.5 Å². The molecule has 0 bridgehead atoms. The first-order valence-corrected chi connectivity index (χ1v) is 7.75. The van der Waals surface area contributed by atoms with Crippen LogP contribution >= 0.6 is 27.5 Å². The number of halogens is 3. The summed E-state index contributed by atoms with van der Waals surface area (Å²) < 4.78 is 19.8. The standard InChI is InChI=1S/C16H16BrClFNO/c1-3-20-16(10-4-6-14(18)13(17)8-10)12-9-11(19)5-7-15(12)21-2/h4-9,16,20H,3H2,1-2H3. The molecule has 112 valence electrons. The molecule has 0 aliphatic carbocycles. The number of benzene rings is 2. The molecule has 0 saturated carbocycles. The van der Waals surface area contributed by atoms with E-state index in [1.165, 1.54) is 12.1 Å². The van der Waals surface area contributed by atoms with Crippen LogP contribution in [0, 0.1) is 5.82 Å². The van der Waals surface area contributed by atoms with Gasteiger partial charge in [0.2, 0.25) is 0 Å². The Labute approximate surface area is 137 Å². The molecule has 1 atom stereocenters. The number of methoxy groups -OCH3 is 1. The predicted octanol–water partition coefficient (Wildman–Crippen LogP) is 4.95. The van der Waals surface area contributed by atoms with Crippen LogP contribution in [0.3, 0.4) is 0 Å². The maximum atomic E-state index is 13.6. The van der Waals surface area contributed by atoms with E-state index in [4.69, 9.17) is 16.3 Å². The summed E-state index contributed by atoms with van der Waals surface area (Å²) in [7, 11) is 1.58. The average molecular weight is 373 g/mol. The maximum Gasteiger partial charge on any atom is 0.124 e. The monoisotopic (exact) mass is 371 g/mol. The smallest absolute Gasteiger partial charge is 0.124 e. The lowest BCUT2D eigenvalue weighted by molar-refractivity contribution is 0.402. The first-order chi connectivity index (χ1) is 10.1. The van der Waals surface area contributed by atoms with Crippen molar-refractivity contribution in [1.82, 2.24) is 5.32 Å². The van der Waals surface area contributed by atoms with Crippen molar-refractivity contribution in [1.29, 1.82) is 0 Å². The third-order valence-corrected chi connectivity index (χ3v) is 4.40. The zero-order chi connectivity index (χ0) is 15.4. The van der Waals surface area contributed by atoms with Crippen molar-refractivity contribution in [3.8, 4) is 5.75 Å².